The Morgan fingerprint density at radius 3 is 2.94 bits per heavy atom. The van der Waals surface area contributed by atoms with Gasteiger partial charge in [0, 0.05) is 15.5 Å². The molecule has 0 saturated carbocycles. The number of rotatable bonds is 2. The van der Waals surface area contributed by atoms with Crippen LogP contribution in [0.1, 0.15) is 10.5 Å². The summed E-state index contributed by atoms with van der Waals surface area (Å²) in [6, 6.07) is 5.22. The fraction of sp³-hybridized carbons (Fsp3) is 0. The van der Waals surface area contributed by atoms with Gasteiger partial charge in [-0.15, -0.1) is 11.3 Å². The van der Waals surface area contributed by atoms with Crippen LogP contribution in [0.25, 0.3) is 0 Å². The van der Waals surface area contributed by atoms with Crippen molar-refractivity contribution in [2.45, 2.75) is 0 Å². The number of benzene rings is 1. The van der Waals surface area contributed by atoms with Crippen LogP contribution in [0, 0.1) is 0 Å². The molecule has 1 amide bonds. The number of amides is 1. The Morgan fingerprint density at radius 1 is 1.50 bits per heavy atom. The molecule has 6 heteroatoms. The predicted molar refractivity (Wildman–Crippen MR) is 69.2 cm³/mol. The van der Waals surface area contributed by atoms with Crippen LogP contribution >= 0.6 is 38.9 Å². The molecule has 3 nitrogen and oxygen atoms in total. The van der Waals surface area contributed by atoms with E-state index in [1.165, 1.54) is 11.3 Å². The van der Waals surface area contributed by atoms with Gasteiger partial charge >= 0.3 is 0 Å². The van der Waals surface area contributed by atoms with Crippen LogP contribution in [0.15, 0.2) is 33.6 Å². The van der Waals surface area contributed by atoms with Gasteiger partial charge in [0.2, 0.25) is 0 Å². The number of hydrogen-bond donors (Lipinski definition) is 1. The second kappa shape index (κ2) is 4.95. The molecule has 0 atom stereocenters. The minimum atomic E-state index is -0.236. The standard InChI is InChI=1S/C10H6BrClN2OS/c11-7-2-1-6(3-8(7)12)14-10(15)9-4-16-5-13-9/h1-5H,(H,14,15). The third-order valence-electron chi connectivity index (χ3n) is 1.84. The predicted octanol–water partition coefficient (Wildman–Crippen LogP) is 3.81. The van der Waals surface area contributed by atoms with E-state index in [0.717, 1.165) is 4.47 Å². The van der Waals surface area contributed by atoms with E-state index in [4.69, 9.17) is 11.6 Å². The van der Waals surface area contributed by atoms with Gasteiger partial charge in [0.15, 0.2) is 0 Å². The van der Waals surface area contributed by atoms with Crippen LogP contribution in [-0.2, 0) is 0 Å². The first-order valence-electron chi connectivity index (χ1n) is 4.31. The minimum absolute atomic E-state index is 0.236. The van der Waals surface area contributed by atoms with E-state index in [2.05, 4.69) is 26.2 Å². The zero-order valence-corrected chi connectivity index (χ0v) is 11.1. The van der Waals surface area contributed by atoms with Crippen molar-refractivity contribution >= 4 is 50.5 Å². The SMILES string of the molecule is O=C(Nc1ccc(Br)c(Cl)c1)c1cscn1. The Kier molecular flexibility index (Phi) is 3.58. The van der Waals surface area contributed by atoms with Gasteiger partial charge in [-0.05, 0) is 34.1 Å². The number of hydrogen-bond acceptors (Lipinski definition) is 3. The van der Waals surface area contributed by atoms with Crippen LogP contribution in [0.4, 0.5) is 5.69 Å². The molecule has 0 fully saturated rings. The Hall–Kier alpha value is -0.910. The van der Waals surface area contributed by atoms with Crippen molar-refractivity contribution in [1.29, 1.82) is 0 Å². The number of nitrogens with zero attached hydrogens (tertiary/aromatic N) is 1. The van der Waals surface area contributed by atoms with Gasteiger partial charge in [0.25, 0.3) is 5.91 Å². The van der Waals surface area contributed by atoms with E-state index in [0.29, 0.717) is 16.4 Å². The molecule has 1 heterocycles. The summed E-state index contributed by atoms with van der Waals surface area (Å²) in [6.45, 7) is 0. The summed E-state index contributed by atoms with van der Waals surface area (Å²) < 4.78 is 0.792. The van der Waals surface area contributed by atoms with Gasteiger partial charge in [0.1, 0.15) is 5.69 Å². The van der Waals surface area contributed by atoms with Gasteiger partial charge < -0.3 is 5.32 Å². The highest BCUT2D eigenvalue weighted by Gasteiger charge is 2.08. The summed E-state index contributed by atoms with van der Waals surface area (Å²) in [7, 11) is 0. The third kappa shape index (κ3) is 2.61. The molecule has 0 bridgehead atoms. The first-order chi connectivity index (χ1) is 7.66. The molecular weight excluding hydrogens is 312 g/mol. The smallest absolute Gasteiger partial charge is 0.275 e. The fourth-order valence-electron chi connectivity index (χ4n) is 1.09. The van der Waals surface area contributed by atoms with Gasteiger partial charge in [-0.25, -0.2) is 4.98 Å². The lowest BCUT2D eigenvalue weighted by molar-refractivity contribution is 0.102. The molecule has 1 aromatic carbocycles. The quantitative estimate of drug-likeness (QED) is 0.915. The largest absolute Gasteiger partial charge is 0.321 e. The van der Waals surface area contributed by atoms with E-state index in [9.17, 15) is 4.79 Å². The maximum Gasteiger partial charge on any atom is 0.275 e. The maximum absolute atomic E-state index is 11.6. The molecular formula is C10H6BrClN2OS. The third-order valence-corrected chi connectivity index (χ3v) is 3.66. The number of aromatic nitrogens is 1. The lowest BCUT2D eigenvalue weighted by Crippen LogP contribution is -2.11. The van der Waals surface area contributed by atoms with Crippen LogP contribution < -0.4 is 5.32 Å². The zero-order chi connectivity index (χ0) is 11.5. The topological polar surface area (TPSA) is 42.0 Å². The van der Waals surface area contributed by atoms with E-state index in [1.54, 1.807) is 29.1 Å². The first kappa shape index (κ1) is 11.6. The van der Waals surface area contributed by atoms with Crippen LogP contribution in [0.3, 0.4) is 0 Å². The van der Waals surface area contributed by atoms with E-state index in [-0.39, 0.29) is 5.91 Å². The van der Waals surface area contributed by atoms with Crippen molar-refractivity contribution in [3.8, 4) is 0 Å². The monoisotopic (exact) mass is 316 g/mol. The van der Waals surface area contributed by atoms with E-state index in [1.807, 2.05) is 0 Å². The average molecular weight is 318 g/mol. The number of halogens is 2. The molecule has 0 radical (unpaired) electrons. The molecule has 2 aromatic rings. The summed E-state index contributed by atoms with van der Waals surface area (Å²) in [6.07, 6.45) is 0. The molecule has 1 aromatic heterocycles. The highest BCUT2D eigenvalue weighted by Crippen LogP contribution is 2.25. The van der Waals surface area contributed by atoms with Crippen molar-refractivity contribution in [2.75, 3.05) is 5.32 Å². The van der Waals surface area contributed by atoms with E-state index < -0.39 is 0 Å². The summed E-state index contributed by atoms with van der Waals surface area (Å²) in [5.41, 5.74) is 2.67. The van der Waals surface area contributed by atoms with Gasteiger partial charge in [-0.3, -0.25) is 4.79 Å². The summed E-state index contributed by atoms with van der Waals surface area (Å²) in [4.78, 5) is 15.6. The van der Waals surface area contributed by atoms with Crippen LogP contribution in [-0.4, -0.2) is 10.9 Å². The molecule has 1 N–H and O–H groups in total. The lowest BCUT2D eigenvalue weighted by Gasteiger charge is -2.04. The molecule has 0 aliphatic carbocycles. The molecule has 0 unspecified atom stereocenters. The lowest BCUT2D eigenvalue weighted by atomic mass is 10.3. The van der Waals surface area contributed by atoms with Crippen molar-refractivity contribution in [3.05, 3.63) is 44.3 Å². The Labute approximate surface area is 110 Å². The van der Waals surface area contributed by atoms with Gasteiger partial charge in [-0.1, -0.05) is 11.6 Å². The molecule has 0 aliphatic rings. The highest BCUT2D eigenvalue weighted by atomic mass is 79.9. The molecule has 0 aliphatic heterocycles. The van der Waals surface area contributed by atoms with Crippen molar-refractivity contribution in [1.82, 2.24) is 4.98 Å². The van der Waals surface area contributed by atoms with Crippen molar-refractivity contribution < 1.29 is 4.79 Å². The maximum atomic E-state index is 11.6. The average Bonchev–Trinajstić information content (AvgIpc) is 2.77. The molecule has 2 rings (SSSR count). The molecule has 16 heavy (non-hydrogen) atoms. The molecule has 0 saturated heterocycles. The Morgan fingerprint density at radius 2 is 2.31 bits per heavy atom. The van der Waals surface area contributed by atoms with Crippen molar-refractivity contribution in [3.63, 3.8) is 0 Å². The summed E-state index contributed by atoms with van der Waals surface area (Å²) in [5, 5.41) is 4.95. The summed E-state index contributed by atoms with van der Waals surface area (Å²) >= 11 is 10.6. The number of carbonyl (C=O) groups is 1. The normalized spacial score (nSPS) is 10.1. The Balaban J connectivity index is 2.15. The molecule has 82 valence electrons. The number of carbonyl (C=O) groups excluding carboxylic acids is 1. The zero-order valence-electron chi connectivity index (χ0n) is 7.91. The first-order valence-corrected chi connectivity index (χ1v) is 6.43. The molecule has 0 spiro atoms. The second-order valence-electron chi connectivity index (χ2n) is 2.96. The van der Waals surface area contributed by atoms with E-state index >= 15 is 0 Å². The Bertz CT molecular complexity index is 516. The fourth-order valence-corrected chi connectivity index (χ4v) is 2.05. The number of nitrogens with one attached hydrogen (secondary N) is 1. The van der Waals surface area contributed by atoms with Gasteiger partial charge in [0.05, 0.1) is 10.5 Å². The number of thiazole rings is 1. The highest BCUT2D eigenvalue weighted by molar-refractivity contribution is 9.10. The second-order valence-corrected chi connectivity index (χ2v) is 4.94. The van der Waals surface area contributed by atoms with Crippen LogP contribution in [0.2, 0.25) is 5.02 Å². The van der Waals surface area contributed by atoms with Crippen molar-refractivity contribution in [2.24, 2.45) is 0 Å². The minimum Gasteiger partial charge on any atom is -0.321 e. The number of anilines is 1. The van der Waals surface area contributed by atoms with Gasteiger partial charge in [-0.2, -0.15) is 0 Å². The summed E-state index contributed by atoms with van der Waals surface area (Å²) in [5.74, 6) is -0.236. The van der Waals surface area contributed by atoms with Crippen LogP contribution in [0.5, 0.6) is 0 Å².